The molecule has 0 bridgehead atoms. The molecule has 1 aromatic carbocycles. The van der Waals surface area contributed by atoms with Crippen molar-refractivity contribution in [3.8, 4) is 0 Å². The van der Waals surface area contributed by atoms with Crippen LogP contribution < -0.4 is 5.73 Å². The lowest BCUT2D eigenvalue weighted by Crippen LogP contribution is -2.17. The third kappa shape index (κ3) is 4.86. The Morgan fingerprint density at radius 2 is 1.78 bits per heavy atom. The van der Waals surface area contributed by atoms with Crippen molar-refractivity contribution in [1.29, 1.82) is 0 Å². The van der Waals surface area contributed by atoms with Crippen LogP contribution >= 0.6 is 12.4 Å². The molecule has 0 unspecified atom stereocenters. The Bertz CT molecular complexity index is 352. The maximum absolute atomic E-state index is 12.7. The van der Waals surface area contributed by atoms with Crippen LogP contribution in [0.1, 0.15) is 49.8 Å². The van der Waals surface area contributed by atoms with Crippen molar-refractivity contribution in [2.24, 2.45) is 5.73 Å². The van der Waals surface area contributed by atoms with E-state index in [0.717, 1.165) is 25.3 Å². The average molecular weight is 282 g/mol. The lowest BCUT2D eigenvalue weighted by atomic mass is 9.96. The van der Waals surface area contributed by atoms with Gasteiger partial charge in [-0.2, -0.15) is 13.2 Å². The van der Waals surface area contributed by atoms with E-state index in [0.29, 0.717) is 6.42 Å². The minimum Gasteiger partial charge on any atom is -0.324 e. The van der Waals surface area contributed by atoms with Crippen molar-refractivity contribution >= 4 is 12.4 Å². The summed E-state index contributed by atoms with van der Waals surface area (Å²) in [5, 5.41) is 0. The largest absolute Gasteiger partial charge is 0.416 e. The van der Waals surface area contributed by atoms with E-state index in [1.165, 1.54) is 12.1 Å². The lowest BCUT2D eigenvalue weighted by molar-refractivity contribution is -0.138. The molecule has 0 amide bonds. The second kappa shape index (κ2) is 7.64. The average Bonchev–Trinajstić information content (AvgIpc) is 2.28. The van der Waals surface area contributed by atoms with Crippen LogP contribution in [-0.2, 0) is 6.18 Å². The monoisotopic (exact) mass is 281 g/mol. The predicted molar refractivity (Wildman–Crippen MR) is 69.8 cm³/mol. The van der Waals surface area contributed by atoms with E-state index in [1.807, 2.05) is 0 Å². The van der Waals surface area contributed by atoms with Gasteiger partial charge in [-0.25, -0.2) is 0 Å². The molecule has 2 N–H and O–H groups in total. The number of halogens is 4. The molecule has 18 heavy (non-hydrogen) atoms. The van der Waals surface area contributed by atoms with Crippen LogP contribution in [0.5, 0.6) is 0 Å². The molecular formula is C13H19ClF3N. The molecule has 5 heteroatoms. The molecule has 0 aliphatic rings. The molecule has 0 saturated heterocycles. The number of rotatable bonds is 5. The first-order chi connectivity index (χ1) is 7.96. The van der Waals surface area contributed by atoms with Crippen LogP contribution in [0.4, 0.5) is 13.2 Å². The van der Waals surface area contributed by atoms with Crippen LogP contribution in [0, 0.1) is 0 Å². The van der Waals surface area contributed by atoms with Crippen molar-refractivity contribution in [2.75, 3.05) is 0 Å². The van der Waals surface area contributed by atoms with Crippen molar-refractivity contribution in [1.82, 2.24) is 0 Å². The normalized spacial score (nSPS) is 12.9. The Morgan fingerprint density at radius 3 is 2.33 bits per heavy atom. The number of alkyl halides is 3. The Morgan fingerprint density at radius 1 is 1.17 bits per heavy atom. The standard InChI is InChI=1S/C13H18F3N.ClH/c1-2-3-4-9-12(17)10-7-5-6-8-11(10)13(14,15)16;/h5-8,12H,2-4,9,17H2,1H3;1H/t12-;/m0./s1. The van der Waals surface area contributed by atoms with Crippen molar-refractivity contribution in [3.63, 3.8) is 0 Å². The fourth-order valence-electron chi connectivity index (χ4n) is 1.85. The summed E-state index contributed by atoms with van der Waals surface area (Å²) in [6.07, 6.45) is -0.820. The Hall–Kier alpha value is -0.740. The number of nitrogens with two attached hydrogens (primary N) is 1. The zero-order valence-corrected chi connectivity index (χ0v) is 11.2. The van der Waals surface area contributed by atoms with Crippen molar-refractivity contribution < 1.29 is 13.2 Å². The first-order valence-electron chi connectivity index (χ1n) is 5.88. The van der Waals surface area contributed by atoms with E-state index < -0.39 is 17.8 Å². The second-order valence-electron chi connectivity index (χ2n) is 4.19. The van der Waals surface area contributed by atoms with Gasteiger partial charge in [0.05, 0.1) is 5.56 Å². The Labute approximate surface area is 112 Å². The molecule has 0 heterocycles. The molecule has 0 aromatic heterocycles. The summed E-state index contributed by atoms with van der Waals surface area (Å²) in [7, 11) is 0. The first kappa shape index (κ1) is 17.3. The predicted octanol–water partition coefficient (Wildman–Crippen LogP) is 4.71. The number of benzene rings is 1. The van der Waals surface area contributed by atoms with Crippen LogP contribution in [0.2, 0.25) is 0 Å². The summed E-state index contributed by atoms with van der Waals surface area (Å²) >= 11 is 0. The van der Waals surface area contributed by atoms with Gasteiger partial charge in [-0.05, 0) is 18.1 Å². The molecule has 1 rings (SSSR count). The molecular weight excluding hydrogens is 263 g/mol. The molecule has 0 spiro atoms. The smallest absolute Gasteiger partial charge is 0.324 e. The van der Waals surface area contributed by atoms with Gasteiger partial charge in [0.1, 0.15) is 0 Å². The Balaban J connectivity index is 0.00000289. The number of hydrogen-bond acceptors (Lipinski definition) is 1. The molecule has 0 saturated carbocycles. The zero-order valence-electron chi connectivity index (χ0n) is 10.3. The highest BCUT2D eigenvalue weighted by atomic mass is 35.5. The summed E-state index contributed by atoms with van der Waals surface area (Å²) in [5.74, 6) is 0. The van der Waals surface area contributed by atoms with Gasteiger partial charge in [-0.15, -0.1) is 12.4 Å². The highest BCUT2D eigenvalue weighted by Gasteiger charge is 2.34. The number of hydrogen-bond donors (Lipinski definition) is 1. The van der Waals surface area contributed by atoms with Gasteiger partial charge in [0.15, 0.2) is 0 Å². The van der Waals surface area contributed by atoms with E-state index in [1.54, 1.807) is 6.07 Å². The molecule has 1 nitrogen and oxygen atoms in total. The summed E-state index contributed by atoms with van der Waals surface area (Å²) in [5.41, 5.74) is 5.43. The molecule has 0 radical (unpaired) electrons. The molecule has 1 aromatic rings. The molecule has 104 valence electrons. The van der Waals surface area contributed by atoms with Gasteiger partial charge in [0.2, 0.25) is 0 Å². The third-order valence-electron chi connectivity index (χ3n) is 2.78. The zero-order chi connectivity index (χ0) is 12.9. The summed E-state index contributed by atoms with van der Waals surface area (Å²) < 4.78 is 38.2. The van der Waals surface area contributed by atoms with E-state index in [4.69, 9.17) is 5.73 Å². The molecule has 0 aliphatic heterocycles. The Kier molecular flexibility index (Phi) is 7.33. The van der Waals surface area contributed by atoms with Crippen LogP contribution in [-0.4, -0.2) is 0 Å². The summed E-state index contributed by atoms with van der Waals surface area (Å²) in [4.78, 5) is 0. The third-order valence-corrected chi connectivity index (χ3v) is 2.78. The highest BCUT2D eigenvalue weighted by molar-refractivity contribution is 5.85. The van der Waals surface area contributed by atoms with Crippen LogP contribution in [0.15, 0.2) is 24.3 Å². The quantitative estimate of drug-likeness (QED) is 0.777. The van der Waals surface area contributed by atoms with Crippen LogP contribution in [0.3, 0.4) is 0 Å². The minimum atomic E-state index is -4.32. The van der Waals surface area contributed by atoms with E-state index in [2.05, 4.69) is 6.92 Å². The van der Waals surface area contributed by atoms with Gasteiger partial charge < -0.3 is 5.73 Å². The van der Waals surface area contributed by atoms with Gasteiger partial charge in [-0.3, -0.25) is 0 Å². The summed E-state index contributed by atoms with van der Waals surface area (Å²) in [6, 6.07) is 5.03. The molecule has 1 atom stereocenters. The minimum absolute atomic E-state index is 0. The molecule has 0 aliphatic carbocycles. The maximum atomic E-state index is 12.7. The van der Waals surface area contributed by atoms with Gasteiger partial charge in [0.25, 0.3) is 0 Å². The second-order valence-corrected chi connectivity index (χ2v) is 4.19. The van der Waals surface area contributed by atoms with Gasteiger partial charge in [0, 0.05) is 6.04 Å². The lowest BCUT2D eigenvalue weighted by Gasteiger charge is -2.18. The fourth-order valence-corrected chi connectivity index (χ4v) is 1.85. The van der Waals surface area contributed by atoms with E-state index >= 15 is 0 Å². The van der Waals surface area contributed by atoms with E-state index in [9.17, 15) is 13.2 Å². The fraction of sp³-hybridized carbons (Fsp3) is 0.538. The van der Waals surface area contributed by atoms with Crippen molar-refractivity contribution in [3.05, 3.63) is 35.4 Å². The summed E-state index contributed by atoms with van der Waals surface area (Å²) in [6.45, 7) is 2.05. The maximum Gasteiger partial charge on any atom is 0.416 e. The van der Waals surface area contributed by atoms with Gasteiger partial charge in [-0.1, -0.05) is 44.4 Å². The molecule has 0 fully saturated rings. The van der Waals surface area contributed by atoms with Crippen LogP contribution in [0.25, 0.3) is 0 Å². The highest BCUT2D eigenvalue weighted by Crippen LogP contribution is 2.34. The van der Waals surface area contributed by atoms with Crippen molar-refractivity contribution in [2.45, 2.75) is 44.8 Å². The SMILES string of the molecule is CCCCC[C@H](N)c1ccccc1C(F)(F)F.Cl. The van der Waals surface area contributed by atoms with Gasteiger partial charge >= 0.3 is 6.18 Å². The first-order valence-corrected chi connectivity index (χ1v) is 5.88. The topological polar surface area (TPSA) is 26.0 Å². The number of unbranched alkanes of at least 4 members (excludes halogenated alkanes) is 2. The van der Waals surface area contributed by atoms with E-state index in [-0.39, 0.29) is 18.0 Å².